The average Bonchev–Trinajstić information content (AvgIpc) is 2.66. The van der Waals surface area contributed by atoms with Crippen LogP contribution >= 0.6 is 0 Å². The maximum Gasteiger partial charge on any atom is 0.418 e. The molecular weight excluding hydrogens is 271 g/mol. The van der Waals surface area contributed by atoms with Crippen molar-refractivity contribution in [2.45, 2.75) is 20.0 Å². The third kappa shape index (κ3) is 2.38. The molecular formula is C13H12F3N3O. The molecule has 0 unspecified atom stereocenters. The number of nitrogens with zero attached hydrogens (tertiary/aromatic N) is 2. The minimum absolute atomic E-state index is 0.0699. The molecule has 0 radical (unpaired) electrons. The molecule has 1 aromatic heterocycles. The number of amides is 1. The molecule has 0 fully saturated rings. The maximum atomic E-state index is 13.0. The number of alkyl halides is 3. The molecule has 1 N–H and O–H groups in total. The highest BCUT2D eigenvalue weighted by Crippen LogP contribution is 2.35. The van der Waals surface area contributed by atoms with Gasteiger partial charge in [0.05, 0.1) is 28.3 Å². The Labute approximate surface area is 113 Å². The summed E-state index contributed by atoms with van der Waals surface area (Å²) >= 11 is 0. The van der Waals surface area contributed by atoms with Crippen molar-refractivity contribution in [2.75, 3.05) is 5.32 Å². The van der Waals surface area contributed by atoms with Gasteiger partial charge in [-0.1, -0.05) is 12.1 Å². The number of halogens is 3. The van der Waals surface area contributed by atoms with Crippen molar-refractivity contribution >= 4 is 12.1 Å². The number of anilines is 1. The second-order valence-corrected chi connectivity index (χ2v) is 4.23. The Balaban J connectivity index is 2.64. The number of hydrogen-bond acceptors (Lipinski definition) is 2. The summed E-state index contributed by atoms with van der Waals surface area (Å²) in [7, 11) is 0. The molecule has 2 aromatic rings. The molecule has 4 nitrogen and oxygen atoms in total. The number of rotatable bonds is 3. The van der Waals surface area contributed by atoms with Crippen LogP contribution in [0.3, 0.4) is 0 Å². The van der Waals surface area contributed by atoms with Gasteiger partial charge >= 0.3 is 6.18 Å². The van der Waals surface area contributed by atoms with Crippen molar-refractivity contribution in [3.8, 4) is 5.69 Å². The standard InChI is InChI=1S/C13H12F3N3O/c1-8-12(17-7-20)9(2)19(18-8)11-6-4-3-5-10(11)13(14,15)16/h3-7H,1-2H3,(H,17,20). The SMILES string of the molecule is Cc1nn(-c2ccccc2C(F)(F)F)c(C)c1NC=O. The lowest BCUT2D eigenvalue weighted by Gasteiger charge is -2.13. The summed E-state index contributed by atoms with van der Waals surface area (Å²) in [6.07, 6.45) is -4.00. The average molecular weight is 283 g/mol. The minimum atomic E-state index is -4.47. The number of benzene rings is 1. The lowest BCUT2D eigenvalue weighted by atomic mass is 10.1. The third-order valence-electron chi connectivity index (χ3n) is 2.93. The highest BCUT2D eigenvalue weighted by molar-refractivity contribution is 5.74. The molecule has 1 heterocycles. The predicted molar refractivity (Wildman–Crippen MR) is 67.7 cm³/mol. The smallest absolute Gasteiger partial charge is 0.326 e. The molecule has 106 valence electrons. The first-order valence-electron chi connectivity index (χ1n) is 5.79. The van der Waals surface area contributed by atoms with E-state index in [4.69, 9.17) is 0 Å². The van der Waals surface area contributed by atoms with Crippen molar-refractivity contribution in [3.63, 3.8) is 0 Å². The monoisotopic (exact) mass is 283 g/mol. The van der Waals surface area contributed by atoms with Crippen LogP contribution < -0.4 is 5.32 Å². The van der Waals surface area contributed by atoms with E-state index in [1.807, 2.05) is 0 Å². The van der Waals surface area contributed by atoms with E-state index in [1.165, 1.54) is 22.9 Å². The second kappa shape index (κ2) is 4.99. The molecule has 7 heteroatoms. The summed E-state index contributed by atoms with van der Waals surface area (Å²) in [5.74, 6) is 0. The van der Waals surface area contributed by atoms with Crippen LogP contribution in [0.15, 0.2) is 24.3 Å². The lowest BCUT2D eigenvalue weighted by Crippen LogP contribution is -2.12. The van der Waals surface area contributed by atoms with E-state index in [-0.39, 0.29) is 5.69 Å². The van der Waals surface area contributed by atoms with Gasteiger partial charge in [-0.15, -0.1) is 0 Å². The van der Waals surface area contributed by atoms with Gasteiger partial charge in [0, 0.05) is 0 Å². The number of carbonyl (C=O) groups excluding carboxylic acids is 1. The molecule has 2 rings (SSSR count). The first-order valence-corrected chi connectivity index (χ1v) is 5.79. The number of carbonyl (C=O) groups is 1. The van der Waals surface area contributed by atoms with Crippen molar-refractivity contribution in [3.05, 3.63) is 41.2 Å². The number of para-hydroxylation sites is 1. The summed E-state index contributed by atoms with van der Waals surface area (Å²) in [5.41, 5.74) is 0.456. The van der Waals surface area contributed by atoms with E-state index in [2.05, 4.69) is 10.4 Å². The van der Waals surface area contributed by atoms with Gasteiger partial charge in [-0.3, -0.25) is 4.79 Å². The first kappa shape index (κ1) is 14.1. The lowest BCUT2D eigenvalue weighted by molar-refractivity contribution is -0.137. The zero-order chi connectivity index (χ0) is 14.9. The highest BCUT2D eigenvalue weighted by Gasteiger charge is 2.34. The van der Waals surface area contributed by atoms with Crippen LogP contribution in [0, 0.1) is 13.8 Å². The van der Waals surface area contributed by atoms with Crippen LogP contribution in [0.4, 0.5) is 18.9 Å². The molecule has 0 aliphatic carbocycles. The van der Waals surface area contributed by atoms with Crippen molar-refractivity contribution in [2.24, 2.45) is 0 Å². The zero-order valence-corrected chi connectivity index (χ0v) is 10.8. The van der Waals surface area contributed by atoms with Crippen molar-refractivity contribution in [1.29, 1.82) is 0 Å². The fraction of sp³-hybridized carbons (Fsp3) is 0.231. The number of aryl methyl sites for hydroxylation is 1. The quantitative estimate of drug-likeness (QED) is 0.880. The molecule has 1 amide bonds. The summed E-state index contributed by atoms with van der Waals surface area (Å²) < 4.78 is 40.2. The summed E-state index contributed by atoms with van der Waals surface area (Å²) in [6, 6.07) is 5.17. The van der Waals surface area contributed by atoms with Gasteiger partial charge in [0.2, 0.25) is 6.41 Å². The predicted octanol–water partition coefficient (Wildman–Crippen LogP) is 3.08. The van der Waals surface area contributed by atoms with Gasteiger partial charge in [0.15, 0.2) is 0 Å². The van der Waals surface area contributed by atoms with Crippen LogP contribution in [0.5, 0.6) is 0 Å². The van der Waals surface area contributed by atoms with Gasteiger partial charge in [-0.2, -0.15) is 18.3 Å². The maximum absolute atomic E-state index is 13.0. The molecule has 0 bridgehead atoms. The summed E-state index contributed by atoms with van der Waals surface area (Å²) in [4.78, 5) is 10.5. The van der Waals surface area contributed by atoms with Gasteiger partial charge < -0.3 is 5.32 Å². The zero-order valence-electron chi connectivity index (χ0n) is 10.8. The van der Waals surface area contributed by atoms with Crippen LogP contribution in [0.2, 0.25) is 0 Å². The molecule has 0 saturated carbocycles. The number of hydrogen-bond donors (Lipinski definition) is 1. The van der Waals surface area contributed by atoms with E-state index >= 15 is 0 Å². The normalized spacial score (nSPS) is 11.4. The van der Waals surface area contributed by atoms with Gasteiger partial charge in [0.1, 0.15) is 0 Å². The topological polar surface area (TPSA) is 46.9 Å². The molecule has 0 saturated heterocycles. The second-order valence-electron chi connectivity index (χ2n) is 4.23. The van der Waals surface area contributed by atoms with Crippen LogP contribution in [-0.4, -0.2) is 16.2 Å². The molecule has 20 heavy (non-hydrogen) atoms. The van der Waals surface area contributed by atoms with E-state index in [0.717, 1.165) is 6.07 Å². The Morgan fingerprint density at radius 3 is 2.50 bits per heavy atom. The van der Waals surface area contributed by atoms with E-state index < -0.39 is 11.7 Å². The fourth-order valence-electron chi connectivity index (χ4n) is 2.04. The molecule has 0 aliphatic rings. The minimum Gasteiger partial charge on any atom is -0.326 e. The molecule has 1 aromatic carbocycles. The first-order chi connectivity index (χ1) is 9.36. The molecule has 0 aliphatic heterocycles. The van der Waals surface area contributed by atoms with Crippen molar-refractivity contribution in [1.82, 2.24) is 9.78 Å². The Morgan fingerprint density at radius 1 is 1.25 bits per heavy atom. The van der Waals surface area contributed by atoms with Crippen LogP contribution in [0.25, 0.3) is 5.69 Å². The summed E-state index contributed by atoms with van der Waals surface area (Å²) in [5, 5.41) is 6.52. The molecule has 0 spiro atoms. The van der Waals surface area contributed by atoms with E-state index in [9.17, 15) is 18.0 Å². The van der Waals surface area contributed by atoms with Crippen LogP contribution in [-0.2, 0) is 11.0 Å². The number of aromatic nitrogens is 2. The van der Waals surface area contributed by atoms with Crippen molar-refractivity contribution < 1.29 is 18.0 Å². The van der Waals surface area contributed by atoms with E-state index in [1.54, 1.807) is 13.8 Å². The van der Waals surface area contributed by atoms with Gasteiger partial charge in [0.25, 0.3) is 0 Å². The van der Waals surface area contributed by atoms with Crippen LogP contribution in [0.1, 0.15) is 17.0 Å². The highest BCUT2D eigenvalue weighted by atomic mass is 19.4. The van der Waals surface area contributed by atoms with E-state index in [0.29, 0.717) is 23.5 Å². The Hall–Kier alpha value is -2.31. The van der Waals surface area contributed by atoms with Gasteiger partial charge in [-0.05, 0) is 26.0 Å². The largest absolute Gasteiger partial charge is 0.418 e. The Bertz CT molecular complexity index is 647. The Morgan fingerprint density at radius 2 is 1.90 bits per heavy atom. The Kier molecular flexibility index (Phi) is 3.52. The fourth-order valence-corrected chi connectivity index (χ4v) is 2.04. The third-order valence-corrected chi connectivity index (χ3v) is 2.93. The van der Waals surface area contributed by atoms with Gasteiger partial charge in [-0.25, -0.2) is 4.68 Å². The molecule has 0 atom stereocenters. The summed E-state index contributed by atoms with van der Waals surface area (Å²) in [6.45, 7) is 3.21. The number of nitrogens with one attached hydrogen (secondary N) is 1.